The molecule has 0 bridgehead atoms. The molecule has 16 heavy (non-hydrogen) atoms. The van der Waals surface area contributed by atoms with Gasteiger partial charge in [-0.3, -0.25) is 0 Å². The van der Waals surface area contributed by atoms with E-state index in [4.69, 9.17) is 0 Å². The summed E-state index contributed by atoms with van der Waals surface area (Å²) in [6.07, 6.45) is 2.76. The van der Waals surface area contributed by atoms with Crippen LogP contribution in [0.5, 0.6) is 0 Å². The fourth-order valence-corrected chi connectivity index (χ4v) is 2.36. The van der Waals surface area contributed by atoms with E-state index in [2.05, 4.69) is 57.5 Å². The fourth-order valence-electron chi connectivity index (χ4n) is 1.85. The Hall–Kier alpha value is -1.09. The van der Waals surface area contributed by atoms with E-state index in [1.54, 1.807) is 0 Å². The molecule has 1 aromatic heterocycles. The molecule has 2 nitrogen and oxygen atoms in total. The third kappa shape index (κ3) is 2.19. The number of hydrogen-bond donors (Lipinski definition) is 0. The van der Waals surface area contributed by atoms with Crippen LogP contribution >= 0.6 is 15.9 Å². The van der Waals surface area contributed by atoms with Gasteiger partial charge in [0, 0.05) is 13.5 Å². The number of benzene rings is 1. The van der Waals surface area contributed by atoms with Crippen molar-refractivity contribution in [1.82, 2.24) is 9.55 Å². The summed E-state index contributed by atoms with van der Waals surface area (Å²) < 4.78 is 3.00. The summed E-state index contributed by atoms with van der Waals surface area (Å²) in [5, 5.41) is 0. The molecule has 0 aliphatic carbocycles. The van der Waals surface area contributed by atoms with Crippen LogP contribution < -0.4 is 0 Å². The maximum Gasteiger partial charge on any atom is 0.127 e. The summed E-state index contributed by atoms with van der Waals surface area (Å²) in [7, 11) is 2.02. The van der Waals surface area contributed by atoms with Gasteiger partial charge in [0.25, 0.3) is 0 Å². The van der Waals surface area contributed by atoms with Crippen LogP contribution in [0.25, 0.3) is 0 Å². The Labute approximate surface area is 104 Å². The van der Waals surface area contributed by atoms with Crippen LogP contribution in [0.3, 0.4) is 0 Å². The van der Waals surface area contributed by atoms with E-state index < -0.39 is 0 Å². The lowest BCUT2D eigenvalue weighted by atomic mass is 10.0. The topological polar surface area (TPSA) is 17.8 Å². The highest BCUT2D eigenvalue weighted by molar-refractivity contribution is 9.10. The molecule has 0 saturated carbocycles. The van der Waals surface area contributed by atoms with Gasteiger partial charge in [-0.2, -0.15) is 0 Å². The highest BCUT2D eigenvalue weighted by atomic mass is 79.9. The number of nitrogens with zero attached hydrogens (tertiary/aromatic N) is 2. The normalized spacial score (nSPS) is 10.8. The molecule has 3 heteroatoms. The molecule has 1 aromatic carbocycles. The number of halogens is 1. The second-order valence-corrected chi connectivity index (χ2v) is 4.95. The van der Waals surface area contributed by atoms with Crippen molar-refractivity contribution < 1.29 is 0 Å². The summed E-state index contributed by atoms with van der Waals surface area (Å²) in [6.45, 7) is 4.28. The first-order chi connectivity index (χ1) is 7.58. The maximum absolute atomic E-state index is 4.24. The van der Waals surface area contributed by atoms with Gasteiger partial charge < -0.3 is 4.57 Å². The zero-order valence-corrected chi connectivity index (χ0v) is 11.4. The molecule has 84 valence electrons. The van der Waals surface area contributed by atoms with E-state index in [0.29, 0.717) is 0 Å². The Bertz CT molecular complexity index is 495. The van der Waals surface area contributed by atoms with Gasteiger partial charge in [0.05, 0.1) is 12.0 Å². The molecule has 0 aliphatic rings. The Morgan fingerprint density at radius 1 is 1.31 bits per heavy atom. The van der Waals surface area contributed by atoms with E-state index in [9.17, 15) is 0 Å². The predicted molar refractivity (Wildman–Crippen MR) is 69.6 cm³/mol. The van der Waals surface area contributed by atoms with E-state index in [-0.39, 0.29) is 0 Å². The van der Waals surface area contributed by atoms with Crippen molar-refractivity contribution in [1.29, 1.82) is 0 Å². The van der Waals surface area contributed by atoms with Gasteiger partial charge in [-0.15, -0.1) is 0 Å². The van der Waals surface area contributed by atoms with E-state index in [0.717, 1.165) is 11.0 Å². The van der Waals surface area contributed by atoms with Crippen molar-refractivity contribution >= 4 is 15.9 Å². The van der Waals surface area contributed by atoms with Gasteiger partial charge in [-0.25, -0.2) is 4.98 Å². The van der Waals surface area contributed by atoms with Crippen molar-refractivity contribution in [2.24, 2.45) is 7.05 Å². The molecule has 0 unspecified atom stereocenters. The second kappa shape index (κ2) is 4.42. The molecule has 2 rings (SSSR count). The van der Waals surface area contributed by atoms with Gasteiger partial charge >= 0.3 is 0 Å². The number of aryl methyl sites for hydroxylation is 3. The third-order valence-corrected chi connectivity index (χ3v) is 3.53. The lowest BCUT2D eigenvalue weighted by Gasteiger charge is -2.08. The van der Waals surface area contributed by atoms with Crippen LogP contribution in [0.15, 0.2) is 29.1 Å². The quantitative estimate of drug-likeness (QED) is 0.824. The molecule has 0 saturated heterocycles. The SMILES string of the molecule is Cc1ccc(Cc2c(Br)ncn2C)c(C)c1. The smallest absolute Gasteiger partial charge is 0.127 e. The Morgan fingerprint density at radius 2 is 2.06 bits per heavy atom. The lowest BCUT2D eigenvalue weighted by molar-refractivity contribution is 0.841. The molecule has 0 spiro atoms. The van der Waals surface area contributed by atoms with Crippen LogP contribution in [0.1, 0.15) is 22.4 Å². The number of imidazole rings is 1. The zero-order valence-electron chi connectivity index (χ0n) is 9.79. The fraction of sp³-hybridized carbons (Fsp3) is 0.308. The van der Waals surface area contributed by atoms with Gasteiger partial charge in [0.2, 0.25) is 0 Å². The molecule has 0 aliphatic heterocycles. The Morgan fingerprint density at radius 3 is 2.62 bits per heavy atom. The first-order valence-electron chi connectivity index (χ1n) is 5.29. The summed E-state index contributed by atoms with van der Waals surface area (Å²) >= 11 is 3.48. The molecule has 0 fully saturated rings. The third-order valence-electron chi connectivity index (χ3n) is 2.86. The lowest BCUT2D eigenvalue weighted by Crippen LogP contribution is -1.99. The van der Waals surface area contributed by atoms with Crippen LogP contribution in [-0.4, -0.2) is 9.55 Å². The monoisotopic (exact) mass is 278 g/mol. The van der Waals surface area contributed by atoms with Crippen LogP contribution in [0.2, 0.25) is 0 Å². The highest BCUT2D eigenvalue weighted by Crippen LogP contribution is 2.20. The Kier molecular flexibility index (Phi) is 3.15. The molecule has 0 atom stereocenters. The molecule has 0 amide bonds. The average Bonchev–Trinajstić information content (AvgIpc) is 2.53. The van der Waals surface area contributed by atoms with Crippen molar-refractivity contribution in [3.8, 4) is 0 Å². The summed E-state index contributed by atoms with van der Waals surface area (Å²) in [5.41, 5.74) is 5.22. The number of aromatic nitrogens is 2. The first kappa shape index (κ1) is 11.4. The molecule has 2 aromatic rings. The average molecular weight is 279 g/mol. The molecule has 0 radical (unpaired) electrons. The van der Waals surface area contributed by atoms with E-state index in [1.165, 1.54) is 22.4 Å². The molecular formula is C13H15BrN2. The van der Waals surface area contributed by atoms with Crippen molar-refractivity contribution in [3.63, 3.8) is 0 Å². The number of hydrogen-bond acceptors (Lipinski definition) is 1. The van der Waals surface area contributed by atoms with Gasteiger partial charge in [0.1, 0.15) is 4.60 Å². The summed E-state index contributed by atoms with van der Waals surface area (Å²) in [5.74, 6) is 0. The maximum atomic E-state index is 4.24. The van der Waals surface area contributed by atoms with E-state index >= 15 is 0 Å². The van der Waals surface area contributed by atoms with Crippen LogP contribution in [0, 0.1) is 13.8 Å². The number of rotatable bonds is 2. The first-order valence-corrected chi connectivity index (χ1v) is 6.09. The minimum absolute atomic E-state index is 0.920. The molecule has 1 heterocycles. The van der Waals surface area contributed by atoms with Crippen molar-refractivity contribution in [2.45, 2.75) is 20.3 Å². The second-order valence-electron chi connectivity index (χ2n) is 4.20. The van der Waals surface area contributed by atoms with Gasteiger partial charge in [0.15, 0.2) is 0 Å². The minimum Gasteiger partial charge on any atom is -0.336 e. The summed E-state index contributed by atoms with van der Waals surface area (Å²) in [6, 6.07) is 6.58. The highest BCUT2D eigenvalue weighted by Gasteiger charge is 2.08. The molecule has 0 N–H and O–H groups in total. The minimum atomic E-state index is 0.920. The largest absolute Gasteiger partial charge is 0.336 e. The Balaban J connectivity index is 2.34. The van der Waals surface area contributed by atoms with Crippen LogP contribution in [0.4, 0.5) is 0 Å². The van der Waals surface area contributed by atoms with E-state index in [1.807, 2.05) is 13.4 Å². The van der Waals surface area contributed by atoms with Crippen LogP contribution in [-0.2, 0) is 13.5 Å². The van der Waals surface area contributed by atoms with Crippen molar-refractivity contribution in [2.75, 3.05) is 0 Å². The molecular weight excluding hydrogens is 264 g/mol. The zero-order chi connectivity index (χ0) is 11.7. The van der Waals surface area contributed by atoms with Gasteiger partial charge in [-0.1, -0.05) is 23.8 Å². The summed E-state index contributed by atoms with van der Waals surface area (Å²) in [4.78, 5) is 4.24. The van der Waals surface area contributed by atoms with Crippen molar-refractivity contribution in [3.05, 3.63) is 51.5 Å². The van der Waals surface area contributed by atoms with Gasteiger partial charge in [-0.05, 0) is 40.9 Å². The predicted octanol–water partition coefficient (Wildman–Crippen LogP) is 3.39. The standard InChI is InChI=1S/C13H15BrN2/c1-9-4-5-11(10(2)6-9)7-12-13(14)15-8-16(12)3/h4-6,8H,7H2,1-3H3.